The summed E-state index contributed by atoms with van der Waals surface area (Å²) >= 11 is 6.14. The van der Waals surface area contributed by atoms with Crippen molar-refractivity contribution in [3.8, 4) is 5.75 Å². The molecule has 0 spiro atoms. The highest BCUT2D eigenvalue weighted by Crippen LogP contribution is 2.30. The van der Waals surface area contributed by atoms with Crippen LogP contribution in [0.15, 0.2) is 77.7 Å². The zero-order valence-electron chi connectivity index (χ0n) is 18.8. The molecule has 3 aromatic carbocycles. The number of methoxy groups -OCH3 is 1. The van der Waals surface area contributed by atoms with E-state index in [0.29, 0.717) is 5.75 Å². The molecule has 6 nitrogen and oxygen atoms in total. The summed E-state index contributed by atoms with van der Waals surface area (Å²) in [6.07, 6.45) is 2.95. The molecule has 0 fully saturated rings. The number of aryl methyl sites for hydroxylation is 1. The molecule has 0 aromatic heterocycles. The quantitative estimate of drug-likeness (QED) is 0.481. The summed E-state index contributed by atoms with van der Waals surface area (Å²) in [6.45, 7) is 0. The Bertz CT molecular complexity index is 1260. The van der Waals surface area contributed by atoms with E-state index in [4.69, 9.17) is 16.3 Å². The van der Waals surface area contributed by atoms with Gasteiger partial charge in [0, 0.05) is 0 Å². The number of sulfonamides is 1. The van der Waals surface area contributed by atoms with Gasteiger partial charge in [-0.3, -0.25) is 4.79 Å². The molecule has 2 atom stereocenters. The van der Waals surface area contributed by atoms with Crippen LogP contribution in [-0.2, 0) is 27.7 Å². The lowest BCUT2D eigenvalue weighted by Crippen LogP contribution is -2.49. The number of carbonyl (C=O) groups excluding carboxylic acids is 1. The monoisotopic (exact) mass is 498 g/mol. The molecule has 1 aliphatic rings. The van der Waals surface area contributed by atoms with E-state index in [9.17, 15) is 13.2 Å². The van der Waals surface area contributed by atoms with Gasteiger partial charge in [-0.1, -0.05) is 66.2 Å². The van der Waals surface area contributed by atoms with Crippen LogP contribution in [0.3, 0.4) is 0 Å². The smallest absolute Gasteiger partial charge is 0.241 e. The van der Waals surface area contributed by atoms with Gasteiger partial charge >= 0.3 is 0 Å². The van der Waals surface area contributed by atoms with E-state index in [0.717, 1.165) is 30.4 Å². The fraction of sp³-hybridized carbons (Fsp3) is 0.269. The van der Waals surface area contributed by atoms with Crippen molar-refractivity contribution in [1.82, 2.24) is 10.0 Å². The molecular weight excluding hydrogens is 472 g/mol. The Kier molecular flexibility index (Phi) is 7.56. The van der Waals surface area contributed by atoms with Gasteiger partial charge in [0.15, 0.2) is 0 Å². The van der Waals surface area contributed by atoms with Crippen molar-refractivity contribution in [1.29, 1.82) is 0 Å². The fourth-order valence-corrected chi connectivity index (χ4v) is 5.83. The van der Waals surface area contributed by atoms with Crippen LogP contribution in [-0.4, -0.2) is 27.5 Å². The molecule has 0 saturated heterocycles. The molecule has 34 heavy (non-hydrogen) atoms. The number of fused-ring (bicyclic) bond motifs is 1. The number of hydrogen-bond acceptors (Lipinski definition) is 4. The Morgan fingerprint density at radius 3 is 2.56 bits per heavy atom. The summed E-state index contributed by atoms with van der Waals surface area (Å²) in [5, 5.41) is 3.26. The molecular formula is C26H27ClN2O4S. The highest BCUT2D eigenvalue weighted by molar-refractivity contribution is 7.89. The van der Waals surface area contributed by atoms with E-state index >= 15 is 0 Å². The van der Waals surface area contributed by atoms with Crippen LogP contribution in [0.5, 0.6) is 5.75 Å². The van der Waals surface area contributed by atoms with Crippen LogP contribution in [0.1, 0.15) is 35.6 Å². The Balaban J connectivity index is 1.59. The second-order valence-electron chi connectivity index (χ2n) is 8.31. The zero-order valence-corrected chi connectivity index (χ0v) is 20.4. The Hall–Kier alpha value is -2.87. The molecule has 0 radical (unpaired) electrons. The minimum atomic E-state index is -4.02. The first-order valence-electron chi connectivity index (χ1n) is 11.2. The van der Waals surface area contributed by atoms with E-state index in [2.05, 4.69) is 16.1 Å². The van der Waals surface area contributed by atoms with E-state index in [-0.39, 0.29) is 28.3 Å². The number of ether oxygens (including phenoxy) is 1. The molecule has 0 aliphatic heterocycles. The van der Waals surface area contributed by atoms with Gasteiger partial charge in [0.1, 0.15) is 11.8 Å². The first-order valence-corrected chi connectivity index (χ1v) is 13.0. The predicted molar refractivity (Wildman–Crippen MR) is 133 cm³/mol. The molecule has 0 saturated carbocycles. The number of halogens is 1. The lowest BCUT2D eigenvalue weighted by atomic mass is 9.87. The van der Waals surface area contributed by atoms with Crippen LogP contribution in [0.25, 0.3) is 0 Å². The van der Waals surface area contributed by atoms with Gasteiger partial charge in [-0.15, -0.1) is 0 Å². The van der Waals surface area contributed by atoms with Crippen molar-refractivity contribution in [3.63, 3.8) is 0 Å². The molecule has 2 unspecified atom stereocenters. The minimum Gasteiger partial charge on any atom is -0.495 e. The maximum Gasteiger partial charge on any atom is 0.241 e. The number of benzene rings is 3. The van der Waals surface area contributed by atoms with Crippen molar-refractivity contribution in [2.24, 2.45) is 0 Å². The standard InChI is InChI=1S/C26H27ClN2O4S/c1-33-25-15-14-20(17-22(25)27)34(31,32)29-24(16-18-8-3-2-4-9-18)26(30)28-23-13-7-11-19-10-5-6-12-21(19)23/h2-6,8-10,12,14-15,17,23-24,29H,7,11,13,16H2,1H3,(H,28,30). The molecule has 4 rings (SSSR count). The zero-order chi connectivity index (χ0) is 24.1. The molecule has 178 valence electrons. The Morgan fingerprint density at radius 1 is 1.09 bits per heavy atom. The molecule has 1 aliphatic carbocycles. The van der Waals surface area contributed by atoms with Gasteiger partial charge in [0.25, 0.3) is 0 Å². The summed E-state index contributed by atoms with van der Waals surface area (Å²) in [4.78, 5) is 13.4. The van der Waals surface area contributed by atoms with Crippen molar-refractivity contribution in [2.75, 3.05) is 7.11 Å². The maximum absolute atomic E-state index is 13.4. The lowest BCUT2D eigenvalue weighted by molar-refractivity contribution is -0.123. The summed E-state index contributed by atoms with van der Waals surface area (Å²) in [5.74, 6) is 0.00361. The topological polar surface area (TPSA) is 84.5 Å². The summed E-state index contributed by atoms with van der Waals surface area (Å²) in [7, 11) is -2.57. The second-order valence-corrected chi connectivity index (χ2v) is 10.4. The van der Waals surface area contributed by atoms with Gasteiger partial charge in [0.2, 0.25) is 15.9 Å². The summed E-state index contributed by atoms with van der Waals surface area (Å²) in [6, 6.07) is 20.4. The Labute approximate surface area is 205 Å². The largest absolute Gasteiger partial charge is 0.495 e. The van der Waals surface area contributed by atoms with Crippen molar-refractivity contribution in [2.45, 2.75) is 42.7 Å². The van der Waals surface area contributed by atoms with Gasteiger partial charge in [-0.05, 0) is 60.6 Å². The second kappa shape index (κ2) is 10.6. The maximum atomic E-state index is 13.4. The minimum absolute atomic E-state index is 0.0350. The highest BCUT2D eigenvalue weighted by atomic mass is 35.5. The molecule has 3 aromatic rings. The van der Waals surface area contributed by atoms with Gasteiger partial charge in [-0.25, -0.2) is 8.42 Å². The fourth-order valence-electron chi connectivity index (χ4n) is 4.28. The molecule has 8 heteroatoms. The Morgan fingerprint density at radius 2 is 1.82 bits per heavy atom. The normalized spacial score (nSPS) is 16.4. The molecule has 1 amide bonds. The third kappa shape index (κ3) is 5.60. The number of amides is 1. The van der Waals surface area contributed by atoms with Gasteiger partial charge < -0.3 is 10.1 Å². The third-order valence-corrected chi connectivity index (χ3v) is 7.78. The van der Waals surface area contributed by atoms with E-state index in [1.54, 1.807) is 0 Å². The van der Waals surface area contributed by atoms with Crippen LogP contribution in [0.4, 0.5) is 0 Å². The van der Waals surface area contributed by atoms with Crippen LogP contribution in [0.2, 0.25) is 5.02 Å². The highest BCUT2D eigenvalue weighted by Gasteiger charge is 2.29. The SMILES string of the molecule is COc1ccc(S(=O)(=O)NC(Cc2ccccc2)C(=O)NC2CCCc3ccccc32)cc1Cl. The van der Waals surface area contributed by atoms with E-state index in [1.165, 1.54) is 30.9 Å². The number of carbonyl (C=O) groups is 1. The number of nitrogens with one attached hydrogen (secondary N) is 2. The lowest BCUT2D eigenvalue weighted by Gasteiger charge is -2.28. The van der Waals surface area contributed by atoms with Crippen molar-refractivity contribution < 1.29 is 17.9 Å². The first kappa shape index (κ1) is 24.3. The van der Waals surface area contributed by atoms with Gasteiger partial charge in [-0.2, -0.15) is 4.72 Å². The first-order chi connectivity index (χ1) is 16.4. The van der Waals surface area contributed by atoms with Crippen LogP contribution in [0, 0.1) is 0 Å². The van der Waals surface area contributed by atoms with E-state index < -0.39 is 16.1 Å². The van der Waals surface area contributed by atoms with Gasteiger partial charge in [0.05, 0.1) is 23.1 Å². The number of rotatable bonds is 8. The van der Waals surface area contributed by atoms with E-state index in [1.807, 2.05) is 48.5 Å². The summed E-state index contributed by atoms with van der Waals surface area (Å²) in [5.41, 5.74) is 3.15. The third-order valence-electron chi connectivity index (χ3n) is 6.02. The number of hydrogen-bond donors (Lipinski definition) is 2. The summed E-state index contributed by atoms with van der Waals surface area (Å²) < 4.78 is 34.1. The van der Waals surface area contributed by atoms with Crippen LogP contribution < -0.4 is 14.8 Å². The van der Waals surface area contributed by atoms with Crippen LogP contribution >= 0.6 is 11.6 Å². The molecule has 2 N–H and O–H groups in total. The molecule has 0 bridgehead atoms. The molecule has 0 heterocycles. The van der Waals surface area contributed by atoms with Crippen molar-refractivity contribution in [3.05, 3.63) is 94.5 Å². The average Bonchev–Trinajstić information content (AvgIpc) is 2.84. The predicted octanol–water partition coefficient (Wildman–Crippen LogP) is 4.43. The van der Waals surface area contributed by atoms with Crippen molar-refractivity contribution >= 4 is 27.5 Å². The average molecular weight is 499 g/mol.